The van der Waals surface area contributed by atoms with Gasteiger partial charge in [-0.2, -0.15) is 0 Å². The summed E-state index contributed by atoms with van der Waals surface area (Å²) in [5, 5.41) is 0. The van der Waals surface area contributed by atoms with E-state index in [1.165, 1.54) is 12.2 Å². The molecule has 8 heteroatoms. The van der Waals surface area contributed by atoms with Crippen LogP contribution in [0.3, 0.4) is 0 Å². The Morgan fingerprint density at radius 1 is 0.700 bits per heavy atom. The summed E-state index contributed by atoms with van der Waals surface area (Å²) < 4.78 is 34.0. The Labute approximate surface area is 235 Å². The van der Waals surface area contributed by atoms with Crippen LogP contribution in [-0.2, 0) is 28.5 Å². The van der Waals surface area contributed by atoms with E-state index >= 15 is 0 Å². The van der Waals surface area contributed by atoms with Crippen LogP contribution in [-0.4, -0.2) is 62.8 Å². The minimum Gasteiger partial charge on any atom is -0.494 e. The number of fused-ring (bicyclic) bond motifs is 1. The Bertz CT molecular complexity index is 1050. The summed E-state index contributed by atoms with van der Waals surface area (Å²) in [6.07, 6.45) is 8.18. The van der Waals surface area contributed by atoms with Gasteiger partial charge in [-0.15, -0.1) is 0 Å². The van der Waals surface area contributed by atoms with Gasteiger partial charge in [0, 0.05) is 12.2 Å². The van der Waals surface area contributed by atoms with Crippen LogP contribution < -0.4 is 9.47 Å². The summed E-state index contributed by atoms with van der Waals surface area (Å²) in [6, 6.07) is 15.0. The second-order valence-electron chi connectivity index (χ2n) is 9.76. The number of unbranched alkanes of at least 4 members (excludes halogenated alkanes) is 2. The first-order valence-electron chi connectivity index (χ1n) is 14.0. The van der Waals surface area contributed by atoms with E-state index in [-0.39, 0.29) is 13.2 Å². The standard InChI is InChI=1S/C32H38O8/c1-3-5-19-35-25-13-7-23(8-14-25)11-17-29(33)39-27-21-37-32-28(22-38-31(27)32)40-30(34)18-12-24-9-15-26(16-10-24)36-20-6-4-2/h7-18,27-28,31-32H,3-6,19-22H2,1-2H3/b17-11+,18-12+/t27-,28?,31-,32?/m1/s1. The second kappa shape index (κ2) is 15.2. The molecule has 0 radical (unpaired) electrons. The number of rotatable bonds is 14. The second-order valence-corrected chi connectivity index (χ2v) is 9.76. The van der Waals surface area contributed by atoms with Gasteiger partial charge in [0.1, 0.15) is 23.7 Å². The number of hydrogen-bond acceptors (Lipinski definition) is 8. The molecule has 0 aliphatic carbocycles. The zero-order valence-corrected chi connectivity index (χ0v) is 23.2. The summed E-state index contributed by atoms with van der Waals surface area (Å²) in [6.45, 7) is 5.96. The average Bonchev–Trinajstić information content (AvgIpc) is 3.55. The summed E-state index contributed by atoms with van der Waals surface area (Å²) in [5.74, 6) is 0.610. The van der Waals surface area contributed by atoms with Gasteiger partial charge in [-0.1, -0.05) is 51.0 Å². The molecular weight excluding hydrogens is 512 g/mol. The minimum absolute atomic E-state index is 0.176. The van der Waals surface area contributed by atoms with Crippen molar-refractivity contribution in [3.8, 4) is 11.5 Å². The number of esters is 2. The van der Waals surface area contributed by atoms with Crippen LogP contribution in [0.1, 0.15) is 50.7 Å². The van der Waals surface area contributed by atoms with Gasteiger partial charge >= 0.3 is 11.9 Å². The van der Waals surface area contributed by atoms with Gasteiger partial charge in [0.25, 0.3) is 0 Å². The summed E-state index contributed by atoms with van der Waals surface area (Å²) in [4.78, 5) is 24.8. The molecule has 2 aliphatic rings. The molecule has 0 amide bonds. The number of carbonyl (C=O) groups is 2. The topological polar surface area (TPSA) is 89.5 Å². The third-order valence-corrected chi connectivity index (χ3v) is 6.61. The zero-order chi connectivity index (χ0) is 28.2. The van der Waals surface area contributed by atoms with Gasteiger partial charge in [-0.05, 0) is 60.4 Å². The highest BCUT2D eigenvalue weighted by Gasteiger charge is 2.51. The van der Waals surface area contributed by atoms with E-state index in [4.69, 9.17) is 28.4 Å². The van der Waals surface area contributed by atoms with E-state index < -0.39 is 36.4 Å². The summed E-state index contributed by atoms with van der Waals surface area (Å²) >= 11 is 0. The third kappa shape index (κ3) is 8.69. The van der Waals surface area contributed by atoms with E-state index in [2.05, 4.69) is 13.8 Å². The Morgan fingerprint density at radius 3 is 1.48 bits per heavy atom. The normalized spacial score (nSPS) is 21.9. The van der Waals surface area contributed by atoms with E-state index in [0.29, 0.717) is 13.2 Å². The average molecular weight is 551 g/mol. The predicted molar refractivity (Wildman–Crippen MR) is 151 cm³/mol. The van der Waals surface area contributed by atoms with E-state index in [1.807, 2.05) is 48.5 Å². The van der Waals surface area contributed by atoms with Crippen LogP contribution in [0, 0.1) is 0 Å². The Balaban J connectivity index is 1.20. The minimum atomic E-state index is -0.575. The monoisotopic (exact) mass is 550 g/mol. The fraction of sp³-hybridized carbons (Fsp3) is 0.438. The predicted octanol–water partition coefficient (Wildman–Crippen LogP) is 5.39. The lowest BCUT2D eigenvalue weighted by Crippen LogP contribution is -2.35. The van der Waals surface area contributed by atoms with Crippen molar-refractivity contribution in [2.24, 2.45) is 0 Å². The Kier molecular flexibility index (Phi) is 11.2. The number of ether oxygens (including phenoxy) is 6. The molecule has 2 aromatic carbocycles. The van der Waals surface area contributed by atoms with Crippen molar-refractivity contribution in [1.82, 2.24) is 0 Å². The van der Waals surface area contributed by atoms with Crippen LogP contribution in [0.25, 0.3) is 12.2 Å². The lowest BCUT2D eigenvalue weighted by atomic mass is 10.1. The highest BCUT2D eigenvalue weighted by atomic mass is 16.7. The lowest BCUT2D eigenvalue weighted by Gasteiger charge is -2.16. The third-order valence-electron chi connectivity index (χ3n) is 6.61. The van der Waals surface area contributed by atoms with E-state index in [0.717, 1.165) is 48.3 Å². The van der Waals surface area contributed by atoms with E-state index in [9.17, 15) is 9.59 Å². The number of carbonyl (C=O) groups excluding carboxylic acids is 2. The van der Waals surface area contributed by atoms with Crippen molar-refractivity contribution in [2.75, 3.05) is 26.4 Å². The Morgan fingerprint density at radius 2 is 1.10 bits per heavy atom. The molecule has 0 N–H and O–H groups in total. The summed E-state index contributed by atoms with van der Waals surface area (Å²) in [5.41, 5.74) is 1.71. The van der Waals surface area contributed by atoms with Crippen molar-refractivity contribution < 1.29 is 38.0 Å². The Hall–Kier alpha value is -3.62. The van der Waals surface area contributed by atoms with Crippen molar-refractivity contribution in [2.45, 2.75) is 63.9 Å². The van der Waals surface area contributed by atoms with Crippen molar-refractivity contribution >= 4 is 24.1 Å². The maximum absolute atomic E-state index is 12.4. The number of hydrogen-bond donors (Lipinski definition) is 0. The quantitative estimate of drug-likeness (QED) is 0.176. The molecule has 0 saturated carbocycles. The van der Waals surface area contributed by atoms with Crippen LogP contribution >= 0.6 is 0 Å². The molecule has 2 fully saturated rings. The molecule has 0 spiro atoms. The van der Waals surface area contributed by atoms with Crippen LogP contribution in [0.2, 0.25) is 0 Å². The van der Waals surface area contributed by atoms with E-state index in [1.54, 1.807) is 12.2 Å². The molecule has 214 valence electrons. The first kappa shape index (κ1) is 29.4. The van der Waals surface area contributed by atoms with Gasteiger partial charge in [0.05, 0.1) is 26.4 Å². The van der Waals surface area contributed by atoms with Gasteiger partial charge in [0.2, 0.25) is 0 Å². The molecule has 2 heterocycles. The molecule has 40 heavy (non-hydrogen) atoms. The molecule has 2 unspecified atom stereocenters. The maximum atomic E-state index is 12.4. The van der Waals surface area contributed by atoms with Crippen LogP contribution in [0.15, 0.2) is 60.7 Å². The smallest absolute Gasteiger partial charge is 0.331 e. The molecule has 4 rings (SSSR count). The zero-order valence-electron chi connectivity index (χ0n) is 23.2. The van der Waals surface area contributed by atoms with Gasteiger partial charge in [-0.25, -0.2) is 9.59 Å². The fourth-order valence-corrected chi connectivity index (χ4v) is 4.36. The first-order chi connectivity index (χ1) is 19.6. The molecule has 2 saturated heterocycles. The lowest BCUT2D eigenvalue weighted by molar-refractivity contribution is -0.149. The molecule has 0 bridgehead atoms. The number of benzene rings is 2. The van der Waals surface area contributed by atoms with Gasteiger partial charge in [-0.3, -0.25) is 0 Å². The molecule has 2 aliphatic heterocycles. The molecule has 4 atom stereocenters. The highest BCUT2D eigenvalue weighted by molar-refractivity contribution is 5.87. The van der Waals surface area contributed by atoms with Crippen molar-refractivity contribution in [3.05, 3.63) is 71.8 Å². The molecule has 8 nitrogen and oxygen atoms in total. The molecule has 0 aromatic heterocycles. The molecule has 2 aromatic rings. The fourth-order valence-electron chi connectivity index (χ4n) is 4.36. The van der Waals surface area contributed by atoms with Gasteiger partial charge in [0.15, 0.2) is 12.2 Å². The maximum Gasteiger partial charge on any atom is 0.331 e. The van der Waals surface area contributed by atoms with Crippen molar-refractivity contribution in [1.29, 1.82) is 0 Å². The van der Waals surface area contributed by atoms with Gasteiger partial charge < -0.3 is 28.4 Å². The largest absolute Gasteiger partial charge is 0.494 e. The van der Waals surface area contributed by atoms with Crippen LogP contribution in [0.4, 0.5) is 0 Å². The van der Waals surface area contributed by atoms with Crippen LogP contribution in [0.5, 0.6) is 11.5 Å². The van der Waals surface area contributed by atoms with Crippen molar-refractivity contribution in [3.63, 3.8) is 0 Å². The SMILES string of the molecule is CCCCOc1ccc(/C=C/C(=O)OC2CO[C@H]3C2OC[C@H]3OC(=O)/C=C/c2ccc(OCCCC)cc2)cc1. The molecular formula is C32H38O8. The highest BCUT2D eigenvalue weighted by Crippen LogP contribution is 2.31. The first-order valence-corrected chi connectivity index (χ1v) is 14.0. The summed E-state index contributed by atoms with van der Waals surface area (Å²) in [7, 11) is 0.